The van der Waals surface area contributed by atoms with E-state index in [1.54, 1.807) is 12.1 Å². The van der Waals surface area contributed by atoms with Gasteiger partial charge < -0.3 is 5.32 Å². The van der Waals surface area contributed by atoms with E-state index < -0.39 is 0 Å². The summed E-state index contributed by atoms with van der Waals surface area (Å²) in [6, 6.07) is 7.25. The van der Waals surface area contributed by atoms with Gasteiger partial charge in [0.1, 0.15) is 5.82 Å². The summed E-state index contributed by atoms with van der Waals surface area (Å²) in [6.07, 6.45) is 7.42. The van der Waals surface area contributed by atoms with Crippen molar-refractivity contribution < 1.29 is 4.39 Å². The molecule has 2 unspecified atom stereocenters. The van der Waals surface area contributed by atoms with Crippen molar-refractivity contribution in [1.29, 1.82) is 0 Å². The summed E-state index contributed by atoms with van der Waals surface area (Å²) in [5.74, 6) is 1.30. The van der Waals surface area contributed by atoms with Crippen LogP contribution in [0.5, 0.6) is 0 Å². The van der Waals surface area contributed by atoms with Gasteiger partial charge in [-0.3, -0.25) is 0 Å². The first-order valence-corrected chi connectivity index (χ1v) is 7.19. The van der Waals surface area contributed by atoms with Gasteiger partial charge in [0, 0.05) is 0 Å². The fraction of sp³-hybridized carbons (Fsp3) is 0.625. The van der Waals surface area contributed by atoms with Gasteiger partial charge in [-0.2, -0.15) is 0 Å². The Bertz CT molecular complexity index is 364. The minimum absolute atomic E-state index is 0.0371. The highest BCUT2D eigenvalue weighted by Gasteiger charge is 2.24. The first-order chi connectivity index (χ1) is 8.81. The first kappa shape index (κ1) is 13.5. The van der Waals surface area contributed by atoms with E-state index in [9.17, 15) is 4.39 Å². The predicted octanol–water partition coefficient (Wildman–Crippen LogP) is 3.78. The number of benzene rings is 1. The molecule has 1 aliphatic carbocycles. The van der Waals surface area contributed by atoms with Crippen LogP contribution in [0.15, 0.2) is 24.3 Å². The van der Waals surface area contributed by atoms with E-state index in [0.29, 0.717) is 11.8 Å². The van der Waals surface area contributed by atoms with Crippen LogP contribution in [0.3, 0.4) is 0 Å². The van der Waals surface area contributed by atoms with Gasteiger partial charge in [0.25, 0.3) is 0 Å². The molecule has 2 atom stereocenters. The number of hydrogen-bond donors (Lipinski definition) is 1. The van der Waals surface area contributed by atoms with E-state index in [2.05, 4.69) is 5.32 Å². The van der Waals surface area contributed by atoms with Gasteiger partial charge in [0.05, 0.1) is 0 Å². The van der Waals surface area contributed by atoms with Crippen molar-refractivity contribution >= 4 is 0 Å². The second-order valence-electron chi connectivity index (χ2n) is 5.51. The molecule has 0 amide bonds. The van der Waals surface area contributed by atoms with Gasteiger partial charge in [-0.1, -0.05) is 37.5 Å². The third kappa shape index (κ3) is 3.55. The Kier molecular flexibility index (Phi) is 5.18. The third-order valence-corrected chi connectivity index (χ3v) is 4.22. The largest absolute Gasteiger partial charge is 0.319 e. The molecular formula is C16H24FN. The zero-order valence-corrected chi connectivity index (χ0v) is 11.3. The number of nitrogens with one attached hydrogen (secondary N) is 1. The highest BCUT2D eigenvalue weighted by Crippen LogP contribution is 2.31. The molecule has 1 aromatic rings. The van der Waals surface area contributed by atoms with Crippen molar-refractivity contribution in [3.8, 4) is 0 Å². The molecule has 18 heavy (non-hydrogen) atoms. The molecule has 0 radical (unpaired) electrons. The molecule has 100 valence electrons. The van der Waals surface area contributed by atoms with E-state index in [1.165, 1.54) is 32.1 Å². The van der Waals surface area contributed by atoms with Gasteiger partial charge in [-0.15, -0.1) is 0 Å². The average molecular weight is 249 g/mol. The second-order valence-corrected chi connectivity index (χ2v) is 5.51. The van der Waals surface area contributed by atoms with Gasteiger partial charge >= 0.3 is 0 Å². The molecule has 0 aliphatic heterocycles. The van der Waals surface area contributed by atoms with E-state index in [1.807, 2.05) is 19.2 Å². The average Bonchev–Trinajstić information content (AvgIpc) is 2.59. The highest BCUT2D eigenvalue weighted by molar-refractivity contribution is 5.18. The molecule has 1 N–H and O–H groups in total. The quantitative estimate of drug-likeness (QED) is 0.801. The van der Waals surface area contributed by atoms with Crippen molar-refractivity contribution in [3.05, 3.63) is 35.6 Å². The molecule has 2 rings (SSSR count). The Morgan fingerprint density at radius 3 is 2.56 bits per heavy atom. The van der Waals surface area contributed by atoms with Gasteiger partial charge in [-0.25, -0.2) is 4.39 Å². The zero-order valence-electron chi connectivity index (χ0n) is 11.3. The van der Waals surface area contributed by atoms with Crippen LogP contribution >= 0.6 is 0 Å². The van der Waals surface area contributed by atoms with Crippen LogP contribution in [0.2, 0.25) is 0 Å². The molecule has 0 saturated heterocycles. The van der Waals surface area contributed by atoms with Crippen molar-refractivity contribution in [2.24, 2.45) is 11.8 Å². The number of halogens is 1. The fourth-order valence-corrected chi connectivity index (χ4v) is 3.21. The molecule has 1 aromatic carbocycles. The smallest absolute Gasteiger partial charge is 0.126 e. The van der Waals surface area contributed by atoms with E-state index >= 15 is 0 Å². The topological polar surface area (TPSA) is 12.0 Å². The standard InChI is InChI=1S/C16H24FN/c1-18-12-15-9-4-2-3-7-13(15)11-14-8-5-6-10-16(14)17/h5-6,8,10,13,15,18H,2-4,7,9,11-12H2,1H3. The molecule has 0 bridgehead atoms. The van der Waals surface area contributed by atoms with Crippen molar-refractivity contribution in [3.63, 3.8) is 0 Å². The summed E-state index contributed by atoms with van der Waals surface area (Å²) >= 11 is 0. The third-order valence-electron chi connectivity index (χ3n) is 4.22. The lowest BCUT2D eigenvalue weighted by atomic mass is 9.83. The molecule has 1 fully saturated rings. The maximum atomic E-state index is 13.7. The summed E-state index contributed by atoms with van der Waals surface area (Å²) in [6.45, 7) is 1.07. The van der Waals surface area contributed by atoms with Crippen molar-refractivity contribution in [1.82, 2.24) is 5.32 Å². The SMILES string of the molecule is CNCC1CCCCCC1Cc1ccccc1F. The second kappa shape index (κ2) is 6.89. The normalized spacial score (nSPS) is 24.8. The van der Waals surface area contributed by atoms with E-state index in [-0.39, 0.29) is 5.82 Å². The highest BCUT2D eigenvalue weighted by atomic mass is 19.1. The van der Waals surface area contributed by atoms with Crippen molar-refractivity contribution in [2.75, 3.05) is 13.6 Å². The molecule has 1 nitrogen and oxygen atoms in total. The fourth-order valence-electron chi connectivity index (χ4n) is 3.21. The van der Waals surface area contributed by atoms with E-state index in [4.69, 9.17) is 0 Å². The van der Waals surface area contributed by atoms with Gasteiger partial charge in [0.15, 0.2) is 0 Å². The van der Waals surface area contributed by atoms with Gasteiger partial charge in [0.2, 0.25) is 0 Å². The Morgan fingerprint density at radius 1 is 1.11 bits per heavy atom. The van der Waals surface area contributed by atoms with Crippen LogP contribution in [-0.4, -0.2) is 13.6 Å². The lowest BCUT2D eigenvalue weighted by molar-refractivity contribution is 0.301. The molecule has 1 aliphatic rings. The molecule has 0 spiro atoms. The molecule has 2 heteroatoms. The number of rotatable bonds is 4. The maximum Gasteiger partial charge on any atom is 0.126 e. The summed E-state index contributed by atoms with van der Waals surface area (Å²) in [7, 11) is 2.02. The van der Waals surface area contributed by atoms with Crippen LogP contribution in [0.4, 0.5) is 4.39 Å². The summed E-state index contributed by atoms with van der Waals surface area (Å²) in [4.78, 5) is 0. The number of hydrogen-bond acceptors (Lipinski definition) is 1. The molecule has 0 aromatic heterocycles. The van der Waals surface area contributed by atoms with Crippen LogP contribution in [0.25, 0.3) is 0 Å². The summed E-state index contributed by atoms with van der Waals surface area (Å²) in [5, 5.41) is 3.30. The Hall–Kier alpha value is -0.890. The van der Waals surface area contributed by atoms with Crippen LogP contribution in [-0.2, 0) is 6.42 Å². The maximum absolute atomic E-state index is 13.7. The van der Waals surface area contributed by atoms with Crippen LogP contribution in [0, 0.1) is 17.7 Å². The minimum Gasteiger partial charge on any atom is -0.319 e. The Labute approximate surface area is 110 Å². The molecule has 0 heterocycles. The monoisotopic (exact) mass is 249 g/mol. The predicted molar refractivity (Wildman–Crippen MR) is 74.1 cm³/mol. The zero-order chi connectivity index (χ0) is 12.8. The summed E-state index contributed by atoms with van der Waals surface area (Å²) < 4.78 is 13.7. The van der Waals surface area contributed by atoms with Gasteiger partial charge in [-0.05, 0) is 56.3 Å². The Morgan fingerprint density at radius 2 is 1.83 bits per heavy atom. The van der Waals surface area contributed by atoms with Crippen LogP contribution < -0.4 is 5.32 Å². The minimum atomic E-state index is -0.0371. The summed E-state index contributed by atoms with van der Waals surface area (Å²) in [5.41, 5.74) is 0.894. The Balaban J connectivity index is 2.06. The lowest BCUT2D eigenvalue weighted by Crippen LogP contribution is -2.26. The molecule has 1 saturated carbocycles. The molecular weight excluding hydrogens is 225 g/mol. The lowest BCUT2D eigenvalue weighted by Gasteiger charge is -2.25. The van der Waals surface area contributed by atoms with Crippen molar-refractivity contribution in [2.45, 2.75) is 38.5 Å². The van der Waals surface area contributed by atoms with E-state index in [0.717, 1.165) is 18.5 Å². The van der Waals surface area contributed by atoms with Crippen LogP contribution in [0.1, 0.15) is 37.7 Å². The first-order valence-electron chi connectivity index (χ1n) is 7.19.